The number of pyridine rings is 1. The molecule has 0 spiro atoms. The van der Waals surface area contributed by atoms with Crippen LogP contribution in [0.15, 0.2) is 43.0 Å². The van der Waals surface area contributed by atoms with Crippen LogP contribution in [0.5, 0.6) is 0 Å². The number of fused-ring (bicyclic) bond motifs is 2. The normalized spacial score (nSPS) is 12.8. The Morgan fingerprint density at radius 1 is 1.28 bits per heavy atom. The summed E-state index contributed by atoms with van der Waals surface area (Å²) in [7, 11) is 0. The fourth-order valence-corrected chi connectivity index (χ4v) is 3.79. The number of hydrogen-bond acceptors (Lipinski definition) is 7. The second-order valence-corrected chi connectivity index (χ2v) is 8.48. The molecule has 5 heterocycles. The Morgan fingerprint density at radius 2 is 2.03 bits per heavy atom. The van der Waals surface area contributed by atoms with Crippen molar-refractivity contribution in [1.29, 1.82) is 5.26 Å². The van der Waals surface area contributed by atoms with Crippen molar-refractivity contribution >= 4 is 41.5 Å². The van der Waals surface area contributed by atoms with Gasteiger partial charge in [0.05, 0.1) is 35.6 Å². The van der Waals surface area contributed by atoms with Crippen LogP contribution < -0.4 is 5.32 Å². The van der Waals surface area contributed by atoms with Gasteiger partial charge in [0.1, 0.15) is 16.9 Å². The maximum atomic E-state index is 13.2. The Bertz CT molecular complexity index is 1390. The minimum absolute atomic E-state index is 0.0221. The van der Waals surface area contributed by atoms with Crippen LogP contribution in [0.1, 0.15) is 38.1 Å². The van der Waals surface area contributed by atoms with Crippen molar-refractivity contribution in [3.8, 4) is 17.5 Å². The summed E-state index contributed by atoms with van der Waals surface area (Å²) < 4.78 is 16.3. The van der Waals surface area contributed by atoms with Gasteiger partial charge in [-0.2, -0.15) is 5.26 Å². The Hall–Kier alpha value is -3.98. The van der Waals surface area contributed by atoms with Gasteiger partial charge in [0.15, 0.2) is 18.0 Å². The molecule has 1 aliphatic rings. The van der Waals surface area contributed by atoms with Gasteiger partial charge in [-0.3, -0.25) is 14.0 Å². The van der Waals surface area contributed by atoms with E-state index < -0.39 is 0 Å². The molecule has 36 heavy (non-hydrogen) atoms. The number of hydrogen-bond donors (Lipinski definition) is 1. The average Bonchev–Trinajstić information content (AvgIpc) is 3.46. The Labute approximate surface area is 212 Å². The van der Waals surface area contributed by atoms with Crippen molar-refractivity contribution in [2.75, 3.05) is 13.1 Å². The summed E-state index contributed by atoms with van der Waals surface area (Å²) >= 11 is -0.0221. The molecule has 1 saturated heterocycles. The first-order valence-corrected chi connectivity index (χ1v) is 12.1. The lowest BCUT2D eigenvalue weighted by atomic mass is 10.0. The first kappa shape index (κ1) is 26.6. The van der Waals surface area contributed by atoms with Crippen LogP contribution in [0, 0.1) is 17.2 Å². The minimum Gasteiger partial charge on any atom is -0.350 e. The van der Waals surface area contributed by atoms with E-state index in [1.807, 2.05) is 56.5 Å². The van der Waals surface area contributed by atoms with Crippen LogP contribution in [0.25, 0.3) is 28.2 Å². The summed E-state index contributed by atoms with van der Waals surface area (Å²) in [6.45, 7) is 8.97. The number of nitriles is 1. The molecule has 0 aromatic carbocycles. The summed E-state index contributed by atoms with van der Waals surface area (Å²) in [5.41, 5.74) is 2.99. The highest BCUT2D eigenvalue weighted by atomic mass is 32.2. The van der Waals surface area contributed by atoms with E-state index in [2.05, 4.69) is 26.3 Å². The summed E-state index contributed by atoms with van der Waals surface area (Å²) in [4.78, 5) is 37.1. The quantitative estimate of drug-likeness (QED) is 0.404. The zero-order valence-corrected chi connectivity index (χ0v) is 21.2. The molecule has 0 saturated carbocycles. The van der Waals surface area contributed by atoms with E-state index in [1.54, 1.807) is 17.3 Å². The van der Waals surface area contributed by atoms with E-state index >= 15 is 0 Å². The molecule has 4 aromatic heterocycles. The number of carbonyl (C=O) groups excluding carboxylic acids is 2. The summed E-state index contributed by atoms with van der Waals surface area (Å²) in [6.07, 6.45) is 7.30. The van der Waals surface area contributed by atoms with Gasteiger partial charge in [0.25, 0.3) is 5.91 Å². The summed E-state index contributed by atoms with van der Waals surface area (Å²) in [5, 5.41) is 11.0. The van der Waals surface area contributed by atoms with Gasteiger partial charge in [-0.05, 0) is 26.0 Å². The fraction of sp³-hybridized carbons (Fsp3) is 0.333. The van der Waals surface area contributed by atoms with Gasteiger partial charge in [0, 0.05) is 31.5 Å². The van der Waals surface area contributed by atoms with E-state index in [1.165, 1.54) is 10.2 Å². The van der Waals surface area contributed by atoms with Gasteiger partial charge in [-0.25, -0.2) is 18.9 Å². The number of imidazole rings is 1. The largest absolute Gasteiger partial charge is 0.350 e. The molecular weight excluding hydrogens is 483 g/mol. The van der Waals surface area contributed by atoms with E-state index in [-0.39, 0.29) is 35.8 Å². The molecule has 1 N–H and O–H groups in total. The van der Waals surface area contributed by atoms with Crippen molar-refractivity contribution in [3.05, 3.63) is 48.5 Å². The van der Waals surface area contributed by atoms with Gasteiger partial charge in [-0.15, -0.1) is 3.89 Å². The smallest absolute Gasteiger partial charge is 0.255 e. The van der Waals surface area contributed by atoms with Crippen molar-refractivity contribution in [1.82, 2.24) is 33.5 Å². The molecular formula is C24H27FN8O2S. The van der Waals surface area contributed by atoms with Crippen LogP contribution in [0.3, 0.4) is 0 Å². The molecule has 0 bridgehead atoms. The summed E-state index contributed by atoms with van der Waals surface area (Å²) in [6, 6.07) is 7.69. The highest BCUT2D eigenvalue weighted by Crippen LogP contribution is 2.26. The molecule has 1 aliphatic heterocycles. The monoisotopic (exact) mass is 510 g/mol. The number of halogens is 1. The van der Waals surface area contributed by atoms with E-state index in [9.17, 15) is 13.5 Å². The highest BCUT2D eigenvalue weighted by molar-refractivity contribution is 7.92. The highest BCUT2D eigenvalue weighted by Gasteiger charge is 2.24. The second-order valence-electron chi connectivity index (χ2n) is 7.95. The van der Waals surface area contributed by atoms with Crippen molar-refractivity contribution in [2.45, 2.75) is 33.7 Å². The maximum Gasteiger partial charge on any atom is 0.255 e. The molecule has 0 unspecified atom stereocenters. The zero-order chi connectivity index (χ0) is 26.2. The molecule has 5 rings (SSSR count). The van der Waals surface area contributed by atoms with Crippen LogP contribution in [0.4, 0.5) is 3.89 Å². The molecule has 4 aromatic rings. The standard InChI is InChI=1S/C17H15FN6OS.C5H6N2O.C2H6/c1-10(2)21-17(25)11-9-24(26-18)16-15(11)22-12(7-20-16)13-8-19-14-5-3-4-6-23(13)14;6-1-5-2-7(3-5)4-8;1-2/h3-10H,1-2H3,(H,21,25);4-5H,2-3H2;1-2H3. The Kier molecular flexibility index (Phi) is 8.97. The predicted octanol–water partition coefficient (Wildman–Crippen LogP) is 3.89. The molecule has 2 amide bonds. The molecule has 12 heteroatoms. The summed E-state index contributed by atoms with van der Waals surface area (Å²) in [5.74, 6) is -0.220. The van der Waals surface area contributed by atoms with E-state index in [0.717, 1.165) is 17.8 Å². The number of rotatable bonds is 5. The lowest BCUT2D eigenvalue weighted by molar-refractivity contribution is -0.122. The number of nitrogens with one attached hydrogen (secondary N) is 1. The Morgan fingerprint density at radius 3 is 2.67 bits per heavy atom. The fourth-order valence-electron chi connectivity index (χ4n) is 3.45. The first-order chi connectivity index (χ1) is 17.4. The maximum absolute atomic E-state index is 13.2. The molecule has 0 aliphatic carbocycles. The molecule has 0 atom stereocenters. The number of amides is 2. The van der Waals surface area contributed by atoms with Gasteiger partial charge < -0.3 is 10.2 Å². The third-order valence-electron chi connectivity index (χ3n) is 5.12. The number of nitrogens with zero attached hydrogens (tertiary/aromatic N) is 7. The lowest BCUT2D eigenvalue weighted by Gasteiger charge is -2.31. The Balaban J connectivity index is 0.000000305. The number of aromatic nitrogens is 5. The third kappa shape index (κ3) is 5.63. The van der Waals surface area contributed by atoms with Crippen molar-refractivity contribution in [3.63, 3.8) is 0 Å². The van der Waals surface area contributed by atoms with Gasteiger partial charge >= 0.3 is 0 Å². The number of carbonyl (C=O) groups is 2. The molecule has 1 fully saturated rings. The van der Waals surface area contributed by atoms with Crippen LogP contribution in [0.2, 0.25) is 0 Å². The van der Waals surface area contributed by atoms with Crippen LogP contribution in [-0.4, -0.2) is 59.7 Å². The third-order valence-corrected chi connectivity index (χ3v) is 5.55. The van der Waals surface area contributed by atoms with Crippen molar-refractivity contribution < 1.29 is 13.5 Å². The molecule has 0 radical (unpaired) electrons. The predicted molar refractivity (Wildman–Crippen MR) is 137 cm³/mol. The van der Waals surface area contributed by atoms with Crippen LogP contribution in [-0.2, 0) is 4.79 Å². The van der Waals surface area contributed by atoms with Crippen molar-refractivity contribution in [2.24, 2.45) is 5.92 Å². The molecule has 10 nitrogen and oxygen atoms in total. The van der Waals surface area contributed by atoms with Gasteiger partial charge in [-0.1, -0.05) is 19.9 Å². The van der Waals surface area contributed by atoms with Gasteiger partial charge in [0.2, 0.25) is 6.41 Å². The average molecular weight is 511 g/mol. The minimum atomic E-state index is -0.317. The van der Waals surface area contributed by atoms with Crippen LogP contribution >= 0.6 is 12.3 Å². The zero-order valence-electron chi connectivity index (χ0n) is 20.4. The number of likely N-dealkylation sites (tertiary alicyclic amines) is 1. The lowest BCUT2D eigenvalue weighted by Crippen LogP contribution is -2.44. The topological polar surface area (TPSA) is 121 Å². The SMILES string of the molecule is CC.CC(C)NC(=O)c1cn(SF)c2ncc(-c3cnc4ccccn34)nc12.N#CC1CN(C=O)C1. The van der Waals surface area contributed by atoms with E-state index in [4.69, 9.17) is 5.26 Å². The second kappa shape index (κ2) is 12.1. The first-order valence-electron chi connectivity index (χ1n) is 11.4. The van der Waals surface area contributed by atoms with E-state index in [0.29, 0.717) is 29.9 Å². The molecule has 188 valence electrons.